The molecule has 3 aromatic rings. The Morgan fingerprint density at radius 1 is 0.737 bits per heavy atom. The van der Waals surface area contributed by atoms with Gasteiger partial charge in [0, 0.05) is 23.5 Å². The first-order valence-electron chi connectivity index (χ1n) is 14.9. The average molecular weight is 513 g/mol. The summed E-state index contributed by atoms with van der Waals surface area (Å²) in [7, 11) is 0. The van der Waals surface area contributed by atoms with Gasteiger partial charge in [0.1, 0.15) is 5.75 Å². The van der Waals surface area contributed by atoms with Crippen LogP contribution in [-0.2, 0) is 6.42 Å². The summed E-state index contributed by atoms with van der Waals surface area (Å²) in [6, 6.07) is 17.0. The Morgan fingerprint density at radius 2 is 1.37 bits per heavy atom. The molecule has 0 fully saturated rings. The number of hydrogen-bond acceptors (Lipinski definition) is 3. The minimum Gasteiger partial charge on any atom is -0.494 e. The van der Waals surface area contributed by atoms with E-state index in [0.717, 1.165) is 60.1 Å². The van der Waals surface area contributed by atoms with Gasteiger partial charge in [-0.1, -0.05) is 95.6 Å². The van der Waals surface area contributed by atoms with Crippen molar-refractivity contribution >= 4 is 0 Å². The SMILES string of the molecule is C=CCCCCCCCCOc1ccc(-c2ncc(-c3ccc(CCCCCC(C)CC)cc3)cn2)cc1. The first kappa shape index (κ1) is 29.6. The lowest BCUT2D eigenvalue weighted by molar-refractivity contribution is 0.304. The third-order valence-corrected chi connectivity index (χ3v) is 7.48. The maximum absolute atomic E-state index is 5.92. The highest BCUT2D eigenvalue weighted by Crippen LogP contribution is 2.23. The second kappa shape index (κ2) is 17.5. The molecular formula is C35H48N2O. The molecule has 204 valence electrons. The first-order chi connectivity index (χ1) is 18.7. The monoisotopic (exact) mass is 512 g/mol. The van der Waals surface area contributed by atoms with Crippen molar-refractivity contribution in [1.29, 1.82) is 0 Å². The number of unbranched alkanes of at least 4 members (excludes halogenated alkanes) is 8. The van der Waals surface area contributed by atoms with Crippen molar-refractivity contribution < 1.29 is 4.74 Å². The van der Waals surface area contributed by atoms with Crippen LogP contribution in [-0.4, -0.2) is 16.6 Å². The lowest BCUT2D eigenvalue weighted by Crippen LogP contribution is -1.97. The number of aryl methyl sites for hydroxylation is 1. The number of aromatic nitrogens is 2. The lowest BCUT2D eigenvalue weighted by atomic mass is 9.98. The number of allylic oxidation sites excluding steroid dienone is 1. The van der Waals surface area contributed by atoms with Crippen molar-refractivity contribution in [3.8, 4) is 28.3 Å². The summed E-state index contributed by atoms with van der Waals surface area (Å²) < 4.78 is 5.92. The van der Waals surface area contributed by atoms with Gasteiger partial charge in [-0.3, -0.25) is 0 Å². The van der Waals surface area contributed by atoms with Crippen LogP contribution in [0.15, 0.2) is 73.6 Å². The quantitative estimate of drug-likeness (QED) is 0.118. The fourth-order valence-electron chi connectivity index (χ4n) is 4.68. The normalized spacial score (nSPS) is 11.8. The van der Waals surface area contributed by atoms with Crippen molar-refractivity contribution in [2.45, 2.75) is 97.3 Å². The van der Waals surface area contributed by atoms with Gasteiger partial charge in [0.15, 0.2) is 5.82 Å². The fourth-order valence-corrected chi connectivity index (χ4v) is 4.68. The summed E-state index contributed by atoms with van der Waals surface area (Å²) in [5, 5.41) is 0. The third kappa shape index (κ3) is 10.8. The molecule has 0 N–H and O–H groups in total. The molecule has 1 unspecified atom stereocenters. The fraction of sp³-hybridized carbons (Fsp3) is 0.486. The maximum atomic E-state index is 5.92. The van der Waals surface area contributed by atoms with Crippen molar-refractivity contribution in [2.75, 3.05) is 6.61 Å². The zero-order valence-electron chi connectivity index (χ0n) is 23.8. The van der Waals surface area contributed by atoms with E-state index in [1.165, 1.54) is 69.8 Å². The van der Waals surface area contributed by atoms with Crippen molar-refractivity contribution in [2.24, 2.45) is 5.92 Å². The van der Waals surface area contributed by atoms with Crippen LogP contribution in [0.3, 0.4) is 0 Å². The third-order valence-electron chi connectivity index (χ3n) is 7.48. The first-order valence-corrected chi connectivity index (χ1v) is 14.9. The van der Waals surface area contributed by atoms with Crippen LogP contribution in [0, 0.1) is 5.92 Å². The molecule has 3 nitrogen and oxygen atoms in total. The molecule has 0 aliphatic carbocycles. The molecular weight excluding hydrogens is 464 g/mol. The summed E-state index contributed by atoms with van der Waals surface area (Å²) in [6.45, 7) is 9.20. The highest BCUT2D eigenvalue weighted by atomic mass is 16.5. The minimum atomic E-state index is 0.741. The van der Waals surface area contributed by atoms with Crippen LogP contribution in [0.2, 0.25) is 0 Å². The standard InChI is InChI=1S/C35H48N2O/c1-4-6-7-8-9-10-11-15-26-38-34-24-22-32(23-25-34)35-36-27-33(28-37-35)31-20-18-30(19-21-31)17-14-12-13-16-29(3)5-2/h4,18-25,27-29H,1,5-17,26H2,2-3H3. The highest BCUT2D eigenvalue weighted by molar-refractivity contribution is 5.64. The number of hydrogen-bond donors (Lipinski definition) is 0. The number of rotatable bonds is 19. The van der Waals surface area contributed by atoms with E-state index in [9.17, 15) is 0 Å². The topological polar surface area (TPSA) is 35.0 Å². The molecule has 1 heterocycles. The Labute approximate surface area is 231 Å². The van der Waals surface area contributed by atoms with Gasteiger partial charge in [-0.15, -0.1) is 6.58 Å². The van der Waals surface area contributed by atoms with Gasteiger partial charge in [0.2, 0.25) is 0 Å². The summed E-state index contributed by atoms with van der Waals surface area (Å²) in [5.41, 5.74) is 4.63. The molecule has 0 aliphatic heterocycles. The predicted molar refractivity (Wildman–Crippen MR) is 163 cm³/mol. The van der Waals surface area contributed by atoms with Crippen molar-refractivity contribution in [3.63, 3.8) is 0 Å². The van der Waals surface area contributed by atoms with E-state index in [0.29, 0.717) is 0 Å². The van der Waals surface area contributed by atoms with E-state index in [-0.39, 0.29) is 0 Å². The van der Waals surface area contributed by atoms with E-state index in [1.807, 2.05) is 42.7 Å². The van der Waals surface area contributed by atoms with Gasteiger partial charge in [-0.05, 0) is 73.4 Å². The average Bonchev–Trinajstić information content (AvgIpc) is 2.97. The Kier molecular flexibility index (Phi) is 13.7. The van der Waals surface area contributed by atoms with Gasteiger partial charge >= 0.3 is 0 Å². The van der Waals surface area contributed by atoms with Crippen LogP contribution in [0.5, 0.6) is 5.75 Å². The molecule has 38 heavy (non-hydrogen) atoms. The predicted octanol–water partition coefficient (Wildman–Crippen LogP) is 10.3. The van der Waals surface area contributed by atoms with E-state index in [1.54, 1.807) is 0 Å². The van der Waals surface area contributed by atoms with Gasteiger partial charge < -0.3 is 4.74 Å². The smallest absolute Gasteiger partial charge is 0.159 e. The van der Waals surface area contributed by atoms with Gasteiger partial charge in [0.25, 0.3) is 0 Å². The molecule has 0 saturated heterocycles. The molecule has 0 radical (unpaired) electrons. The number of ether oxygens (including phenoxy) is 1. The van der Waals surface area contributed by atoms with Crippen LogP contribution >= 0.6 is 0 Å². The maximum Gasteiger partial charge on any atom is 0.159 e. The highest BCUT2D eigenvalue weighted by Gasteiger charge is 2.05. The Morgan fingerprint density at radius 3 is 2.05 bits per heavy atom. The van der Waals surface area contributed by atoms with Crippen LogP contribution < -0.4 is 4.74 Å². The Bertz CT molecular complexity index is 1030. The summed E-state index contributed by atoms with van der Waals surface area (Å²) >= 11 is 0. The zero-order valence-corrected chi connectivity index (χ0v) is 23.8. The van der Waals surface area contributed by atoms with E-state index >= 15 is 0 Å². The molecule has 1 atom stereocenters. The second-order valence-corrected chi connectivity index (χ2v) is 10.7. The Balaban J connectivity index is 1.39. The molecule has 0 amide bonds. The van der Waals surface area contributed by atoms with Gasteiger partial charge in [-0.2, -0.15) is 0 Å². The second-order valence-electron chi connectivity index (χ2n) is 10.7. The molecule has 0 bridgehead atoms. The molecule has 0 aliphatic rings. The molecule has 0 spiro atoms. The van der Waals surface area contributed by atoms with E-state index in [4.69, 9.17) is 4.74 Å². The zero-order chi connectivity index (χ0) is 26.8. The number of nitrogens with zero attached hydrogens (tertiary/aromatic N) is 2. The summed E-state index contributed by atoms with van der Waals surface area (Å²) in [6.07, 6.45) is 22.3. The van der Waals surface area contributed by atoms with Crippen molar-refractivity contribution in [3.05, 3.63) is 79.1 Å². The van der Waals surface area contributed by atoms with Crippen LogP contribution in [0.1, 0.15) is 96.5 Å². The molecule has 2 aromatic carbocycles. The van der Waals surface area contributed by atoms with Crippen molar-refractivity contribution in [1.82, 2.24) is 9.97 Å². The largest absolute Gasteiger partial charge is 0.494 e. The van der Waals surface area contributed by atoms with E-state index < -0.39 is 0 Å². The summed E-state index contributed by atoms with van der Waals surface area (Å²) in [4.78, 5) is 9.27. The van der Waals surface area contributed by atoms with Gasteiger partial charge in [-0.25, -0.2) is 9.97 Å². The van der Waals surface area contributed by atoms with E-state index in [2.05, 4.69) is 54.7 Å². The van der Waals surface area contributed by atoms with Crippen LogP contribution in [0.25, 0.3) is 22.5 Å². The molecule has 3 rings (SSSR count). The molecule has 0 saturated carbocycles. The summed E-state index contributed by atoms with van der Waals surface area (Å²) in [5.74, 6) is 2.52. The lowest BCUT2D eigenvalue weighted by Gasteiger charge is -2.08. The molecule has 1 aromatic heterocycles. The Hall–Kier alpha value is -2.94. The number of benzene rings is 2. The van der Waals surface area contributed by atoms with Gasteiger partial charge in [0.05, 0.1) is 6.61 Å². The minimum absolute atomic E-state index is 0.741. The molecule has 3 heteroatoms. The van der Waals surface area contributed by atoms with Crippen LogP contribution in [0.4, 0.5) is 0 Å².